The van der Waals surface area contributed by atoms with Crippen molar-refractivity contribution in [2.24, 2.45) is 5.73 Å². The topological polar surface area (TPSA) is 140 Å². The van der Waals surface area contributed by atoms with E-state index in [1.807, 2.05) is 29.9 Å². The van der Waals surface area contributed by atoms with E-state index >= 15 is 0 Å². The Bertz CT molecular complexity index is 1100. The van der Waals surface area contributed by atoms with Crippen LogP contribution >= 0.6 is 0 Å². The highest BCUT2D eigenvalue weighted by Crippen LogP contribution is 2.24. The van der Waals surface area contributed by atoms with E-state index in [1.165, 1.54) is 0 Å². The van der Waals surface area contributed by atoms with Crippen LogP contribution in [0.3, 0.4) is 0 Å². The summed E-state index contributed by atoms with van der Waals surface area (Å²) in [6.07, 6.45) is 7.64. The van der Waals surface area contributed by atoms with Crippen molar-refractivity contribution in [2.45, 2.75) is 25.8 Å². The van der Waals surface area contributed by atoms with Gasteiger partial charge in [0.05, 0.1) is 30.2 Å². The molecule has 0 bridgehead atoms. The Kier molecular flexibility index (Phi) is 6.41. The highest BCUT2D eigenvalue weighted by Gasteiger charge is 2.16. The first-order chi connectivity index (χ1) is 15.5. The summed E-state index contributed by atoms with van der Waals surface area (Å²) in [5.74, 6) is -0.477. The van der Waals surface area contributed by atoms with Crippen molar-refractivity contribution in [3.05, 3.63) is 54.0 Å². The standard InChI is InChI=1S/C22H26N8O2/c1-14-10-26-22(28-17-11-27-30(13-17)18-6-8-24-9-7-18)29-20(14)15-2-4-16(5-3-15)21(32)25-12-19(23)31/h2-5,10-11,13,18,24H,6-9,12H2,1H3,(H2,23,31)(H,25,32)(H,26,28,29). The van der Waals surface area contributed by atoms with Gasteiger partial charge in [-0.2, -0.15) is 5.10 Å². The molecule has 2 amide bonds. The molecule has 0 aliphatic carbocycles. The largest absolute Gasteiger partial charge is 0.368 e. The van der Waals surface area contributed by atoms with Gasteiger partial charge in [0, 0.05) is 23.5 Å². The first-order valence-electron chi connectivity index (χ1n) is 10.5. The number of nitrogens with zero attached hydrogens (tertiary/aromatic N) is 4. The van der Waals surface area contributed by atoms with Gasteiger partial charge in [-0.05, 0) is 50.6 Å². The minimum absolute atomic E-state index is 0.200. The number of nitrogens with one attached hydrogen (secondary N) is 3. The average Bonchev–Trinajstić information content (AvgIpc) is 3.28. The Balaban J connectivity index is 1.47. The molecule has 1 saturated heterocycles. The van der Waals surface area contributed by atoms with Crippen molar-refractivity contribution in [1.29, 1.82) is 0 Å². The number of carbonyl (C=O) groups is 2. The van der Waals surface area contributed by atoms with Crippen LogP contribution in [0.15, 0.2) is 42.9 Å². The van der Waals surface area contributed by atoms with E-state index in [0.29, 0.717) is 17.6 Å². The number of amides is 2. The maximum absolute atomic E-state index is 12.1. The Morgan fingerprint density at radius 3 is 2.66 bits per heavy atom. The SMILES string of the molecule is Cc1cnc(Nc2cnn(C3CCNCC3)c2)nc1-c1ccc(C(=O)NCC(N)=O)cc1. The summed E-state index contributed by atoms with van der Waals surface area (Å²) in [6.45, 7) is 3.74. The zero-order valence-electron chi connectivity index (χ0n) is 17.8. The Morgan fingerprint density at radius 2 is 1.94 bits per heavy atom. The second kappa shape index (κ2) is 9.56. The Hall–Kier alpha value is -3.79. The number of hydrogen-bond donors (Lipinski definition) is 4. The fourth-order valence-corrected chi connectivity index (χ4v) is 3.65. The van der Waals surface area contributed by atoms with Crippen LogP contribution in [-0.2, 0) is 4.79 Å². The van der Waals surface area contributed by atoms with Crippen LogP contribution in [-0.4, -0.2) is 51.2 Å². The molecule has 32 heavy (non-hydrogen) atoms. The summed E-state index contributed by atoms with van der Waals surface area (Å²) in [5, 5.41) is 13.6. The predicted molar refractivity (Wildman–Crippen MR) is 120 cm³/mol. The normalized spacial score (nSPS) is 14.2. The summed E-state index contributed by atoms with van der Waals surface area (Å²) >= 11 is 0. The maximum Gasteiger partial charge on any atom is 0.251 e. The molecular formula is C22H26N8O2. The van der Waals surface area contributed by atoms with Gasteiger partial charge in [0.25, 0.3) is 5.91 Å². The van der Waals surface area contributed by atoms with Crippen molar-refractivity contribution in [1.82, 2.24) is 30.4 Å². The first-order valence-corrected chi connectivity index (χ1v) is 10.5. The molecule has 0 saturated carbocycles. The number of piperidine rings is 1. The summed E-state index contributed by atoms with van der Waals surface area (Å²) < 4.78 is 2.00. The van der Waals surface area contributed by atoms with Gasteiger partial charge in [-0.1, -0.05) is 12.1 Å². The van der Waals surface area contributed by atoms with E-state index in [9.17, 15) is 9.59 Å². The molecule has 3 heterocycles. The highest BCUT2D eigenvalue weighted by molar-refractivity contribution is 5.96. The number of aromatic nitrogens is 4. The number of aryl methyl sites for hydroxylation is 1. The number of primary amides is 1. The molecular weight excluding hydrogens is 408 g/mol. The molecule has 0 atom stereocenters. The Morgan fingerprint density at radius 1 is 1.19 bits per heavy atom. The van der Waals surface area contributed by atoms with Crippen LogP contribution in [0.5, 0.6) is 0 Å². The molecule has 0 unspecified atom stereocenters. The second-order valence-electron chi connectivity index (χ2n) is 7.77. The molecule has 10 heteroatoms. The zero-order valence-corrected chi connectivity index (χ0v) is 17.8. The lowest BCUT2D eigenvalue weighted by atomic mass is 10.1. The van der Waals surface area contributed by atoms with Gasteiger partial charge in [0.2, 0.25) is 11.9 Å². The minimum atomic E-state index is -0.590. The lowest BCUT2D eigenvalue weighted by molar-refractivity contribution is -0.117. The second-order valence-corrected chi connectivity index (χ2v) is 7.77. The molecule has 166 valence electrons. The van der Waals surface area contributed by atoms with E-state index in [-0.39, 0.29) is 12.5 Å². The van der Waals surface area contributed by atoms with Crippen LogP contribution in [0, 0.1) is 6.92 Å². The number of rotatable bonds is 7. The van der Waals surface area contributed by atoms with Crippen LogP contribution in [0.1, 0.15) is 34.8 Å². The van der Waals surface area contributed by atoms with Gasteiger partial charge in [-0.25, -0.2) is 9.97 Å². The molecule has 3 aromatic rings. The van der Waals surface area contributed by atoms with Gasteiger partial charge in [0.1, 0.15) is 0 Å². The summed E-state index contributed by atoms with van der Waals surface area (Å²) in [4.78, 5) is 32.0. The molecule has 1 aliphatic heterocycles. The van der Waals surface area contributed by atoms with Gasteiger partial charge in [-0.15, -0.1) is 0 Å². The highest BCUT2D eigenvalue weighted by atomic mass is 16.2. The molecule has 4 rings (SSSR count). The fourth-order valence-electron chi connectivity index (χ4n) is 3.65. The fraction of sp³-hybridized carbons (Fsp3) is 0.318. The first kappa shape index (κ1) is 21.4. The van der Waals surface area contributed by atoms with E-state index in [1.54, 1.807) is 24.5 Å². The van der Waals surface area contributed by atoms with Crippen LogP contribution in [0.25, 0.3) is 11.3 Å². The van der Waals surface area contributed by atoms with Gasteiger partial charge in [0.15, 0.2) is 0 Å². The van der Waals surface area contributed by atoms with E-state index in [4.69, 9.17) is 5.73 Å². The molecule has 1 aliphatic rings. The number of carbonyl (C=O) groups excluding carboxylic acids is 2. The number of benzene rings is 1. The molecule has 1 fully saturated rings. The number of nitrogens with two attached hydrogens (primary N) is 1. The molecule has 5 N–H and O–H groups in total. The van der Waals surface area contributed by atoms with Crippen molar-refractivity contribution in [2.75, 3.05) is 25.0 Å². The third-order valence-corrected chi connectivity index (χ3v) is 5.36. The van der Waals surface area contributed by atoms with Gasteiger partial charge in [-0.3, -0.25) is 14.3 Å². The molecule has 2 aromatic heterocycles. The van der Waals surface area contributed by atoms with Gasteiger partial charge < -0.3 is 21.7 Å². The molecule has 0 spiro atoms. The minimum Gasteiger partial charge on any atom is -0.368 e. The van der Waals surface area contributed by atoms with Crippen LogP contribution in [0.2, 0.25) is 0 Å². The zero-order chi connectivity index (χ0) is 22.5. The number of anilines is 2. The summed E-state index contributed by atoms with van der Waals surface area (Å²) in [6, 6.07) is 7.40. The third kappa shape index (κ3) is 5.09. The lowest BCUT2D eigenvalue weighted by Gasteiger charge is -2.22. The quantitative estimate of drug-likeness (QED) is 0.442. The van der Waals surface area contributed by atoms with E-state index in [0.717, 1.165) is 48.4 Å². The van der Waals surface area contributed by atoms with E-state index < -0.39 is 5.91 Å². The maximum atomic E-state index is 12.1. The van der Waals surface area contributed by atoms with Gasteiger partial charge >= 0.3 is 0 Å². The van der Waals surface area contributed by atoms with E-state index in [2.05, 4.69) is 31.0 Å². The van der Waals surface area contributed by atoms with Crippen molar-refractivity contribution in [3.8, 4) is 11.3 Å². The summed E-state index contributed by atoms with van der Waals surface area (Å²) in [5.41, 5.74) is 8.85. The smallest absolute Gasteiger partial charge is 0.251 e. The van der Waals surface area contributed by atoms with Crippen molar-refractivity contribution >= 4 is 23.5 Å². The van der Waals surface area contributed by atoms with Crippen LogP contribution < -0.4 is 21.7 Å². The monoisotopic (exact) mass is 434 g/mol. The van der Waals surface area contributed by atoms with Crippen LogP contribution in [0.4, 0.5) is 11.6 Å². The average molecular weight is 435 g/mol. The van der Waals surface area contributed by atoms with Crippen molar-refractivity contribution < 1.29 is 9.59 Å². The van der Waals surface area contributed by atoms with Crippen molar-refractivity contribution in [3.63, 3.8) is 0 Å². The predicted octanol–water partition coefficient (Wildman–Crippen LogP) is 1.53. The summed E-state index contributed by atoms with van der Waals surface area (Å²) in [7, 11) is 0. The Labute approximate surface area is 185 Å². The lowest BCUT2D eigenvalue weighted by Crippen LogP contribution is -2.33. The number of hydrogen-bond acceptors (Lipinski definition) is 7. The third-order valence-electron chi connectivity index (χ3n) is 5.36. The molecule has 1 aromatic carbocycles. The molecule has 0 radical (unpaired) electrons. The molecule has 10 nitrogen and oxygen atoms in total.